The molecule has 4 rings (SSSR count). The van der Waals surface area contributed by atoms with Crippen molar-refractivity contribution >= 4 is 28.4 Å². The highest BCUT2D eigenvalue weighted by atomic mass is 32.1. The summed E-state index contributed by atoms with van der Waals surface area (Å²) in [6, 6.07) is 3.88. The van der Waals surface area contributed by atoms with Gasteiger partial charge < -0.3 is 20.7 Å². The van der Waals surface area contributed by atoms with Crippen LogP contribution in [0.3, 0.4) is 0 Å². The molecule has 1 saturated heterocycles. The smallest absolute Gasteiger partial charge is 0.222 e. The van der Waals surface area contributed by atoms with Crippen molar-refractivity contribution in [1.82, 2.24) is 19.5 Å². The van der Waals surface area contributed by atoms with E-state index in [1.54, 1.807) is 22.2 Å². The number of hydrogen-bond acceptors (Lipinski definition) is 8. The van der Waals surface area contributed by atoms with Gasteiger partial charge in [-0.25, -0.2) is 9.97 Å². The van der Waals surface area contributed by atoms with Crippen LogP contribution in [0, 0.1) is 0 Å². The lowest BCUT2D eigenvalue weighted by Crippen LogP contribution is -2.24. The van der Waals surface area contributed by atoms with Gasteiger partial charge in [0.25, 0.3) is 0 Å². The van der Waals surface area contributed by atoms with Crippen molar-refractivity contribution in [2.45, 2.75) is 24.9 Å². The maximum absolute atomic E-state index is 9.92. The molecule has 0 radical (unpaired) electrons. The van der Waals surface area contributed by atoms with Crippen LogP contribution in [-0.4, -0.2) is 48.5 Å². The molecule has 3 atom stereocenters. The Hall–Kier alpha value is -2.07. The Bertz CT molecular complexity index is 834. The second-order valence-corrected chi connectivity index (χ2v) is 6.29. The Kier molecular flexibility index (Phi) is 3.49. The van der Waals surface area contributed by atoms with Crippen LogP contribution in [0.4, 0.5) is 5.95 Å². The van der Waals surface area contributed by atoms with E-state index in [2.05, 4.69) is 15.0 Å². The van der Waals surface area contributed by atoms with E-state index in [9.17, 15) is 10.2 Å². The van der Waals surface area contributed by atoms with Gasteiger partial charge in [-0.2, -0.15) is 4.98 Å². The zero-order valence-corrected chi connectivity index (χ0v) is 12.8. The maximum Gasteiger partial charge on any atom is 0.222 e. The number of aliphatic hydroxyl groups excluding tert-OH is 2. The Morgan fingerprint density at radius 3 is 3.00 bits per heavy atom. The third kappa shape index (κ3) is 2.38. The molecule has 0 unspecified atom stereocenters. The highest BCUT2D eigenvalue weighted by Crippen LogP contribution is 2.34. The largest absolute Gasteiger partial charge is 0.394 e. The minimum absolute atomic E-state index is 0.153. The van der Waals surface area contributed by atoms with Crippen molar-refractivity contribution in [2.75, 3.05) is 12.3 Å². The summed E-state index contributed by atoms with van der Waals surface area (Å²) in [6.07, 6.45) is 0.187. The third-order valence-corrected chi connectivity index (χ3v) is 4.76. The summed E-state index contributed by atoms with van der Waals surface area (Å²) in [7, 11) is 0. The van der Waals surface area contributed by atoms with Crippen molar-refractivity contribution in [3.63, 3.8) is 0 Å². The molecule has 8 nitrogen and oxygen atoms in total. The van der Waals surface area contributed by atoms with Crippen molar-refractivity contribution in [1.29, 1.82) is 0 Å². The van der Waals surface area contributed by atoms with E-state index in [1.165, 1.54) is 0 Å². The molecule has 3 aromatic rings. The molecule has 0 amide bonds. The molecule has 23 heavy (non-hydrogen) atoms. The summed E-state index contributed by atoms with van der Waals surface area (Å²) in [5.41, 5.74) is 7.71. The molecule has 4 N–H and O–H groups in total. The molecule has 0 aliphatic carbocycles. The van der Waals surface area contributed by atoms with Gasteiger partial charge >= 0.3 is 0 Å². The average molecular weight is 333 g/mol. The summed E-state index contributed by atoms with van der Waals surface area (Å²) in [6.45, 7) is -0.234. The van der Waals surface area contributed by atoms with E-state index in [-0.39, 0.29) is 12.6 Å². The van der Waals surface area contributed by atoms with Gasteiger partial charge in [-0.15, -0.1) is 11.3 Å². The first-order chi connectivity index (χ1) is 11.2. The monoisotopic (exact) mass is 333 g/mol. The second kappa shape index (κ2) is 5.53. The first-order valence-corrected chi connectivity index (χ1v) is 8.03. The predicted octanol–water partition coefficient (Wildman–Crippen LogP) is 0.778. The van der Waals surface area contributed by atoms with Crippen LogP contribution in [0.15, 0.2) is 23.8 Å². The van der Waals surface area contributed by atoms with E-state index in [0.29, 0.717) is 23.3 Å². The number of nitrogen functional groups attached to an aromatic ring is 1. The Labute approximate surface area is 135 Å². The minimum atomic E-state index is -0.724. The van der Waals surface area contributed by atoms with E-state index in [4.69, 9.17) is 10.5 Å². The van der Waals surface area contributed by atoms with Crippen molar-refractivity contribution in [3.05, 3.63) is 23.8 Å². The van der Waals surface area contributed by atoms with Crippen LogP contribution in [0.25, 0.3) is 21.7 Å². The zero-order chi connectivity index (χ0) is 16.0. The zero-order valence-electron chi connectivity index (χ0n) is 12.0. The molecule has 0 bridgehead atoms. The van der Waals surface area contributed by atoms with E-state index < -0.39 is 18.4 Å². The van der Waals surface area contributed by atoms with Crippen LogP contribution in [0.1, 0.15) is 12.6 Å². The first-order valence-electron chi connectivity index (χ1n) is 7.15. The summed E-state index contributed by atoms with van der Waals surface area (Å²) in [4.78, 5) is 13.9. The number of rotatable bonds is 3. The van der Waals surface area contributed by atoms with Gasteiger partial charge in [-0.05, 0) is 11.4 Å². The molecular formula is C14H15N5O3S. The molecule has 4 heterocycles. The molecule has 3 aromatic heterocycles. The van der Waals surface area contributed by atoms with Crippen molar-refractivity contribution in [3.8, 4) is 10.6 Å². The lowest BCUT2D eigenvalue weighted by molar-refractivity contribution is -0.0432. The normalized spacial score (nSPS) is 24.5. The fraction of sp³-hybridized carbons (Fsp3) is 0.357. The number of nitrogens with two attached hydrogens (primary N) is 1. The van der Waals surface area contributed by atoms with Gasteiger partial charge in [0.2, 0.25) is 5.95 Å². The SMILES string of the molecule is Nc1nc(-c2cccs2)c2ncn([C@H]3C[C@H](O)[C@@H](CO)O3)c2n1. The number of hydrogen-bond donors (Lipinski definition) is 3. The fourth-order valence-corrected chi connectivity index (χ4v) is 3.49. The van der Waals surface area contributed by atoms with Crippen LogP contribution < -0.4 is 5.73 Å². The number of fused-ring (bicyclic) bond motifs is 1. The predicted molar refractivity (Wildman–Crippen MR) is 84.7 cm³/mol. The molecule has 120 valence electrons. The topological polar surface area (TPSA) is 119 Å². The van der Waals surface area contributed by atoms with Crippen LogP contribution in [0.5, 0.6) is 0 Å². The standard InChI is InChI=1S/C14H15N5O3S/c15-14-17-11(9-2-1-3-23-9)12-13(18-14)19(6-16-12)10-4-7(21)8(5-20)22-10/h1-3,6-8,10,20-21H,4-5H2,(H2,15,17,18)/t7-,8+,10+/m0/s1. The lowest BCUT2D eigenvalue weighted by Gasteiger charge is -2.13. The number of anilines is 1. The molecule has 0 spiro atoms. The highest BCUT2D eigenvalue weighted by Gasteiger charge is 2.35. The van der Waals surface area contributed by atoms with Crippen LogP contribution in [0.2, 0.25) is 0 Å². The second-order valence-electron chi connectivity index (χ2n) is 5.35. The maximum atomic E-state index is 9.92. The number of ether oxygens (including phenoxy) is 1. The van der Waals surface area contributed by atoms with Gasteiger partial charge in [0.05, 0.1) is 23.9 Å². The quantitative estimate of drug-likeness (QED) is 0.648. The van der Waals surface area contributed by atoms with Crippen molar-refractivity contribution in [2.24, 2.45) is 0 Å². The number of thiophene rings is 1. The molecule has 0 aromatic carbocycles. The third-order valence-electron chi connectivity index (χ3n) is 3.89. The van der Waals surface area contributed by atoms with Gasteiger partial charge in [0.15, 0.2) is 5.65 Å². The minimum Gasteiger partial charge on any atom is -0.394 e. The van der Waals surface area contributed by atoms with E-state index >= 15 is 0 Å². The van der Waals surface area contributed by atoms with Gasteiger partial charge in [-0.1, -0.05) is 6.07 Å². The lowest BCUT2D eigenvalue weighted by atomic mass is 10.2. The van der Waals surface area contributed by atoms with Crippen molar-refractivity contribution < 1.29 is 14.9 Å². The summed E-state index contributed by atoms with van der Waals surface area (Å²) in [5.74, 6) is 0.153. The highest BCUT2D eigenvalue weighted by molar-refractivity contribution is 7.13. The van der Waals surface area contributed by atoms with Crippen LogP contribution in [-0.2, 0) is 4.74 Å². The Morgan fingerprint density at radius 1 is 1.43 bits per heavy atom. The van der Waals surface area contributed by atoms with Gasteiger partial charge in [0.1, 0.15) is 23.5 Å². The molecule has 0 saturated carbocycles. The fourth-order valence-electron chi connectivity index (χ4n) is 2.78. The summed E-state index contributed by atoms with van der Waals surface area (Å²) < 4.78 is 7.40. The molecule has 1 fully saturated rings. The summed E-state index contributed by atoms with van der Waals surface area (Å²) in [5, 5.41) is 21.1. The van der Waals surface area contributed by atoms with Gasteiger partial charge in [-0.3, -0.25) is 4.57 Å². The molecule has 9 heteroatoms. The number of nitrogens with zero attached hydrogens (tertiary/aromatic N) is 4. The summed E-state index contributed by atoms with van der Waals surface area (Å²) >= 11 is 1.55. The molecule has 1 aliphatic rings. The average Bonchev–Trinajstić information content (AvgIpc) is 3.24. The number of imidazole rings is 1. The molecule has 1 aliphatic heterocycles. The molecular weight excluding hydrogens is 318 g/mol. The Balaban J connectivity index is 1.81. The van der Waals surface area contributed by atoms with E-state index in [0.717, 1.165) is 4.88 Å². The van der Waals surface area contributed by atoms with Crippen LogP contribution >= 0.6 is 11.3 Å². The first kappa shape index (κ1) is 14.5. The number of aromatic nitrogens is 4. The Morgan fingerprint density at radius 2 is 2.30 bits per heavy atom. The van der Waals surface area contributed by atoms with E-state index in [1.807, 2.05) is 17.5 Å². The number of aliphatic hydroxyl groups is 2. The van der Waals surface area contributed by atoms with Gasteiger partial charge in [0, 0.05) is 6.42 Å².